The number of nitrogens with zero attached hydrogens (tertiary/aromatic N) is 4. The molecule has 3 heterocycles. The Kier molecular flexibility index (Phi) is 5.03. The van der Waals surface area contributed by atoms with Gasteiger partial charge in [-0.2, -0.15) is 5.10 Å². The van der Waals surface area contributed by atoms with E-state index >= 15 is 0 Å². The number of likely N-dealkylation sites (tertiary alicyclic amines) is 2. The van der Waals surface area contributed by atoms with Crippen molar-refractivity contribution >= 4 is 17.9 Å². The number of benzene rings is 1. The van der Waals surface area contributed by atoms with E-state index in [1.165, 1.54) is 0 Å². The van der Waals surface area contributed by atoms with Crippen LogP contribution in [0.15, 0.2) is 48.7 Å². The minimum atomic E-state index is -0.0116. The predicted molar refractivity (Wildman–Crippen MR) is 107 cm³/mol. The summed E-state index contributed by atoms with van der Waals surface area (Å²) in [5.74, 6) is 0.213. The average Bonchev–Trinajstić information content (AvgIpc) is 3.26. The lowest BCUT2D eigenvalue weighted by Gasteiger charge is -2.38. The topological polar surface area (TPSA) is 58.4 Å². The van der Waals surface area contributed by atoms with E-state index in [2.05, 4.69) is 29.4 Å². The molecule has 0 unspecified atom stereocenters. The summed E-state index contributed by atoms with van der Waals surface area (Å²) >= 11 is 0. The van der Waals surface area contributed by atoms with Crippen molar-refractivity contribution in [3.63, 3.8) is 0 Å². The van der Waals surface area contributed by atoms with Crippen LogP contribution in [0.4, 0.5) is 0 Å². The third-order valence-electron chi connectivity index (χ3n) is 5.88. The minimum absolute atomic E-state index is 0.0116. The Labute approximate surface area is 165 Å². The van der Waals surface area contributed by atoms with Gasteiger partial charge in [-0.3, -0.25) is 14.3 Å². The Balaban J connectivity index is 1.32. The third kappa shape index (κ3) is 3.86. The Hall–Kier alpha value is -2.89. The SMILES string of the molecule is Cn1ccc(C(=O)N2CCC3(CC2)CC(=O)N(CC=Cc2ccccc2)C3)n1. The molecule has 2 saturated heterocycles. The third-order valence-corrected chi connectivity index (χ3v) is 5.88. The molecule has 28 heavy (non-hydrogen) atoms. The van der Waals surface area contributed by atoms with Gasteiger partial charge < -0.3 is 9.80 Å². The molecule has 0 aliphatic carbocycles. The molecule has 6 nitrogen and oxygen atoms in total. The van der Waals surface area contributed by atoms with Crippen LogP contribution in [0.25, 0.3) is 6.08 Å². The van der Waals surface area contributed by atoms with E-state index < -0.39 is 0 Å². The molecule has 0 bridgehead atoms. The molecule has 2 aliphatic heterocycles. The average molecular weight is 378 g/mol. The van der Waals surface area contributed by atoms with Crippen LogP contribution in [0, 0.1) is 5.41 Å². The molecule has 1 aromatic carbocycles. The first-order chi connectivity index (χ1) is 13.5. The fraction of sp³-hybridized carbons (Fsp3) is 0.409. The quantitative estimate of drug-likeness (QED) is 0.822. The zero-order chi connectivity index (χ0) is 19.6. The van der Waals surface area contributed by atoms with Crippen molar-refractivity contribution in [1.29, 1.82) is 0 Å². The normalized spacial score (nSPS) is 19.1. The highest BCUT2D eigenvalue weighted by molar-refractivity contribution is 5.92. The van der Waals surface area contributed by atoms with Gasteiger partial charge in [-0.25, -0.2) is 0 Å². The molecule has 2 aliphatic rings. The first-order valence-electron chi connectivity index (χ1n) is 9.83. The summed E-state index contributed by atoms with van der Waals surface area (Å²) in [5, 5.41) is 4.21. The number of rotatable bonds is 4. The van der Waals surface area contributed by atoms with Gasteiger partial charge in [0.25, 0.3) is 5.91 Å². The van der Waals surface area contributed by atoms with Crippen LogP contribution in [-0.2, 0) is 11.8 Å². The predicted octanol–water partition coefficient (Wildman–Crippen LogP) is 2.59. The van der Waals surface area contributed by atoms with E-state index in [1.54, 1.807) is 16.9 Å². The standard InChI is InChI=1S/C22H26N4O2/c1-24-13-9-19(23-24)21(28)25-14-10-22(11-15-25)16-20(27)26(17-22)12-5-8-18-6-3-2-4-7-18/h2-9,13H,10-12,14-17H2,1H3. The second-order valence-corrected chi connectivity index (χ2v) is 7.93. The monoisotopic (exact) mass is 378 g/mol. The van der Waals surface area contributed by atoms with Crippen molar-refractivity contribution in [2.75, 3.05) is 26.2 Å². The van der Waals surface area contributed by atoms with Crippen LogP contribution in [0.2, 0.25) is 0 Å². The number of aromatic nitrogens is 2. The molecular formula is C22H26N4O2. The molecule has 1 spiro atoms. The molecule has 0 N–H and O–H groups in total. The second kappa shape index (κ2) is 7.62. The molecule has 2 fully saturated rings. The highest BCUT2D eigenvalue weighted by Crippen LogP contribution is 2.41. The molecule has 0 radical (unpaired) electrons. The lowest BCUT2D eigenvalue weighted by atomic mass is 9.77. The zero-order valence-electron chi connectivity index (χ0n) is 16.3. The number of amides is 2. The van der Waals surface area contributed by atoms with Gasteiger partial charge in [0, 0.05) is 51.3 Å². The van der Waals surface area contributed by atoms with Gasteiger partial charge in [-0.05, 0) is 24.5 Å². The Morgan fingerprint density at radius 3 is 2.61 bits per heavy atom. The van der Waals surface area contributed by atoms with E-state index in [0.717, 1.165) is 24.9 Å². The summed E-state index contributed by atoms with van der Waals surface area (Å²) in [6.07, 6.45) is 8.25. The Bertz CT molecular complexity index is 879. The molecule has 6 heteroatoms. The van der Waals surface area contributed by atoms with Gasteiger partial charge in [0.2, 0.25) is 5.91 Å². The number of hydrogen-bond acceptors (Lipinski definition) is 3. The number of hydrogen-bond donors (Lipinski definition) is 0. The van der Waals surface area contributed by atoms with Gasteiger partial charge in [0.1, 0.15) is 5.69 Å². The maximum absolute atomic E-state index is 12.6. The molecule has 4 rings (SSSR count). The van der Waals surface area contributed by atoms with E-state index in [4.69, 9.17) is 0 Å². The second-order valence-electron chi connectivity index (χ2n) is 7.93. The molecule has 0 atom stereocenters. The summed E-state index contributed by atoms with van der Waals surface area (Å²) < 4.78 is 1.65. The van der Waals surface area contributed by atoms with Crippen LogP contribution in [0.3, 0.4) is 0 Å². The number of piperidine rings is 1. The summed E-state index contributed by atoms with van der Waals surface area (Å²) in [4.78, 5) is 28.9. The van der Waals surface area contributed by atoms with Crippen LogP contribution >= 0.6 is 0 Å². The molecule has 1 aromatic heterocycles. The largest absolute Gasteiger partial charge is 0.338 e. The Morgan fingerprint density at radius 1 is 1.18 bits per heavy atom. The van der Waals surface area contributed by atoms with E-state index in [1.807, 2.05) is 35.0 Å². The van der Waals surface area contributed by atoms with Crippen LogP contribution in [-0.4, -0.2) is 57.6 Å². The molecule has 2 aromatic rings. The van der Waals surface area contributed by atoms with Crippen molar-refractivity contribution < 1.29 is 9.59 Å². The molecule has 146 valence electrons. The highest BCUT2D eigenvalue weighted by Gasteiger charge is 2.45. The van der Waals surface area contributed by atoms with E-state index in [9.17, 15) is 9.59 Å². The lowest BCUT2D eigenvalue weighted by molar-refractivity contribution is -0.127. The van der Waals surface area contributed by atoms with Crippen molar-refractivity contribution in [1.82, 2.24) is 19.6 Å². The zero-order valence-corrected chi connectivity index (χ0v) is 16.3. The number of carbonyl (C=O) groups is 2. The minimum Gasteiger partial charge on any atom is -0.338 e. The summed E-state index contributed by atoms with van der Waals surface area (Å²) in [6, 6.07) is 11.9. The van der Waals surface area contributed by atoms with Gasteiger partial charge in [0.15, 0.2) is 0 Å². The van der Waals surface area contributed by atoms with Crippen molar-refractivity contribution in [2.45, 2.75) is 19.3 Å². The van der Waals surface area contributed by atoms with Gasteiger partial charge in [0.05, 0.1) is 0 Å². The van der Waals surface area contributed by atoms with E-state index in [0.29, 0.717) is 31.7 Å². The van der Waals surface area contributed by atoms with Gasteiger partial charge >= 0.3 is 0 Å². The highest BCUT2D eigenvalue weighted by atomic mass is 16.2. The number of carbonyl (C=O) groups excluding carboxylic acids is 2. The molecular weight excluding hydrogens is 352 g/mol. The fourth-order valence-corrected chi connectivity index (χ4v) is 4.24. The Morgan fingerprint density at radius 2 is 1.93 bits per heavy atom. The van der Waals surface area contributed by atoms with Crippen molar-refractivity contribution in [2.24, 2.45) is 12.5 Å². The fourth-order valence-electron chi connectivity index (χ4n) is 4.24. The van der Waals surface area contributed by atoms with Crippen molar-refractivity contribution in [3.05, 3.63) is 59.9 Å². The first kappa shape index (κ1) is 18.5. The summed E-state index contributed by atoms with van der Waals surface area (Å²) in [6.45, 7) is 2.81. The van der Waals surface area contributed by atoms with Crippen LogP contribution < -0.4 is 0 Å². The number of aryl methyl sites for hydroxylation is 1. The van der Waals surface area contributed by atoms with Gasteiger partial charge in [-0.15, -0.1) is 0 Å². The molecule has 2 amide bonds. The smallest absolute Gasteiger partial charge is 0.274 e. The van der Waals surface area contributed by atoms with Crippen LogP contribution in [0.1, 0.15) is 35.3 Å². The summed E-state index contributed by atoms with van der Waals surface area (Å²) in [7, 11) is 1.81. The maximum Gasteiger partial charge on any atom is 0.274 e. The maximum atomic E-state index is 12.6. The van der Waals surface area contributed by atoms with E-state index in [-0.39, 0.29) is 17.2 Å². The van der Waals surface area contributed by atoms with Gasteiger partial charge in [-0.1, -0.05) is 42.5 Å². The summed E-state index contributed by atoms with van der Waals surface area (Å²) in [5.41, 5.74) is 1.65. The lowest BCUT2D eigenvalue weighted by Crippen LogP contribution is -2.44. The first-order valence-corrected chi connectivity index (χ1v) is 9.83. The van der Waals surface area contributed by atoms with Crippen LogP contribution in [0.5, 0.6) is 0 Å². The molecule has 0 saturated carbocycles. The van der Waals surface area contributed by atoms with Crippen molar-refractivity contribution in [3.8, 4) is 0 Å².